The minimum absolute atomic E-state index is 0. The van der Waals surface area contributed by atoms with E-state index < -0.39 is 6.04 Å². The quantitative estimate of drug-likeness (QED) is 0.282. The van der Waals surface area contributed by atoms with E-state index in [4.69, 9.17) is 4.74 Å². The van der Waals surface area contributed by atoms with Gasteiger partial charge in [-0.2, -0.15) is 0 Å². The second kappa shape index (κ2) is 15.7. The van der Waals surface area contributed by atoms with Gasteiger partial charge < -0.3 is 4.74 Å². The summed E-state index contributed by atoms with van der Waals surface area (Å²) in [5, 5.41) is 0.0512. The van der Waals surface area contributed by atoms with Crippen LogP contribution in [-0.4, -0.2) is 71.2 Å². The second-order valence-corrected chi connectivity index (χ2v) is 10.2. The molecule has 1 saturated heterocycles. The second-order valence-electron chi connectivity index (χ2n) is 8.87. The molecule has 36 heavy (non-hydrogen) atoms. The Hall–Kier alpha value is -1.45. The van der Waals surface area contributed by atoms with Gasteiger partial charge in [-0.25, -0.2) is 4.39 Å². The molecule has 1 saturated carbocycles. The molecule has 1 aromatic carbocycles. The first kappa shape index (κ1) is 32.6. The van der Waals surface area contributed by atoms with Crippen molar-refractivity contribution in [1.82, 2.24) is 9.80 Å². The van der Waals surface area contributed by atoms with Crippen LogP contribution in [0.5, 0.6) is 0 Å². The van der Waals surface area contributed by atoms with E-state index in [9.17, 15) is 18.8 Å². The van der Waals surface area contributed by atoms with Crippen LogP contribution in [0.2, 0.25) is 0 Å². The lowest BCUT2D eigenvalue weighted by Gasteiger charge is -2.38. The lowest BCUT2D eigenvalue weighted by Crippen LogP contribution is -2.43. The minimum Gasteiger partial charge on any atom is -0.465 e. The van der Waals surface area contributed by atoms with Crippen molar-refractivity contribution in [3.63, 3.8) is 0 Å². The molecule has 0 bridgehead atoms. The van der Waals surface area contributed by atoms with Crippen molar-refractivity contribution in [2.45, 2.75) is 51.3 Å². The topological polar surface area (TPSA) is 66.9 Å². The zero-order valence-corrected chi connectivity index (χ0v) is 23.6. The molecule has 0 spiro atoms. The fraction of sp³-hybridized carbons (Fsp3) is 0.577. The Labute approximate surface area is 230 Å². The van der Waals surface area contributed by atoms with Crippen LogP contribution >= 0.6 is 36.6 Å². The number of nitrogens with zero attached hydrogens (tertiary/aromatic N) is 2. The van der Waals surface area contributed by atoms with Crippen LogP contribution in [0.4, 0.5) is 4.39 Å². The highest BCUT2D eigenvalue weighted by molar-refractivity contribution is 8.14. The van der Waals surface area contributed by atoms with E-state index in [-0.39, 0.29) is 65.2 Å². The molecule has 0 aromatic heterocycles. The molecule has 0 N–H and O–H groups in total. The first-order chi connectivity index (χ1) is 16.3. The molecular formula is C26H37Cl2FN2O4S. The van der Waals surface area contributed by atoms with E-state index in [1.54, 1.807) is 32.0 Å². The molecule has 1 aliphatic carbocycles. The third-order valence-electron chi connectivity index (χ3n) is 6.32. The average molecular weight is 564 g/mol. The summed E-state index contributed by atoms with van der Waals surface area (Å²) in [5.41, 5.74) is 1.47. The highest BCUT2D eigenvalue weighted by atomic mass is 35.5. The van der Waals surface area contributed by atoms with Crippen molar-refractivity contribution in [2.24, 2.45) is 5.92 Å². The van der Waals surface area contributed by atoms with Crippen molar-refractivity contribution in [1.29, 1.82) is 0 Å². The Morgan fingerprint density at radius 2 is 1.89 bits per heavy atom. The van der Waals surface area contributed by atoms with Gasteiger partial charge in [-0.3, -0.25) is 24.2 Å². The van der Waals surface area contributed by atoms with Crippen molar-refractivity contribution in [2.75, 3.05) is 39.3 Å². The summed E-state index contributed by atoms with van der Waals surface area (Å²) in [6.45, 7) is 8.17. The average Bonchev–Trinajstić information content (AvgIpc) is 3.64. The van der Waals surface area contributed by atoms with Crippen molar-refractivity contribution >= 4 is 53.4 Å². The number of carbonyl (C=O) groups is 3. The minimum atomic E-state index is -0.623. The molecule has 2 unspecified atom stereocenters. The predicted molar refractivity (Wildman–Crippen MR) is 146 cm³/mol. The smallest absolute Gasteiger partial charge is 0.320 e. The van der Waals surface area contributed by atoms with Crippen LogP contribution in [0.3, 0.4) is 0 Å². The lowest BCUT2D eigenvalue weighted by atomic mass is 9.93. The zero-order chi connectivity index (χ0) is 24.7. The van der Waals surface area contributed by atoms with Gasteiger partial charge in [0.1, 0.15) is 5.82 Å². The number of hydrogen-bond acceptors (Lipinski definition) is 7. The highest BCUT2D eigenvalue weighted by Gasteiger charge is 2.41. The maximum atomic E-state index is 14.8. The van der Waals surface area contributed by atoms with E-state index in [0.717, 1.165) is 18.4 Å². The molecular weight excluding hydrogens is 526 g/mol. The normalized spacial score (nSPS) is 19.8. The largest absolute Gasteiger partial charge is 0.465 e. The van der Waals surface area contributed by atoms with Crippen molar-refractivity contribution in [3.05, 3.63) is 47.3 Å². The zero-order valence-electron chi connectivity index (χ0n) is 21.1. The summed E-state index contributed by atoms with van der Waals surface area (Å²) >= 11 is 1.30. The molecule has 0 amide bonds. The summed E-state index contributed by atoms with van der Waals surface area (Å²) in [4.78, 5) is 41.1. The maximum Gasteiger partial charge on any atom is 0.320 e. The number of likely N-dealkylation sites (tertiary alicyclic amines) is 1. The third kappa shape index (κ3) is 9.14. The van der Waals surface area contributed by atoms with E-state index in [1.165, 1.54) is 17.8 Å². The third-order valence-corrected chi connectivity index (χ3v) is 7.47. The van der Waals surface area contributed by atoms with E-state index in [1.807, 2.05) is 11.8 Å². The van der Waals surface area contributed by atoms with Crippen LogP contribution in [0.15, 0.2) is 35.9 Å². The van der Waals surface area contributed by atoms with Gasteiger partial charge in [0.15, 0.2) is 10.9 Å². The number of carbonyl (C=O) groups excluding carboxylic acids is 3. The number of halogens is 3. The number of rotatable bonds is 11. The molecule has 6 nitrogen and oxygen atoms in total. The van der Waals surface area contributed by atoms with Gasteiger partial charge in [0.25, 0.3) is 0 Å². The summed E-state index contributed by atoms with van der Waals surface area (Å²) < 4.78 is 19.8. The number of ether oxygens (including phenoxy) is 1. The predicted octanol–water partition coefficient (Wildman–Crippen LogP) is 4.85. The van der Waals surface area contributed by atoms with Gasteiger partial charge in [-0.15, -0.1) is 24.8 Å². The summed E-state index contributed by atoms with van der Waals surface area (Å²) in [7, 11) is 0. The number of hydrogen-bond donors (Lipinski definition) is 0. The molecule has 2 aliphatic rings. The van der Waals surface area contributed by atoms with Crippen LogP contribution in [-0.2, 0) is 19.1 Å². The Morgan fingerprint density at radius 1 is 1.19 bits per heavy atom. The van der Waals surface area contributed by atoms with Crippen LogP contribution in [0.25, 0.3) is 0 Å². The number of esters is 1. The van der Waals surface area contributed by atoms with Crippen LogP contribution < -0.4 is 0 Å². The molecule has 3 rings (SSSR count). The molecule has 202 valence electrons. The lowest BCUT2D eigenvalue weighted by molar-refractivity contribution is -0.144. The van der Waals surface area contributed by atoms with Gasteiger partial charge in [0, 0.05) is 43.3 Å². The Bertz CT molecular complexity index is 929. The van der Waals surface area contributed by atoms with Crippen LogP contribution in [0, 0.1) is 11.7 Å². The highest BCUT2D eigenvalue weighted by Crippen LogP contribution is 2.40. The van der Waals surface area contributed by atoms with E-state index in [2.05, 4.69) is 11.0 Å². The fourth-order valence-electron chi connectivity index (χ4n) is 4.39. The van der Waals surface area contributed by atoms with Crippen molar-refractivity contribution < 1.29 is 23.5 Å². The van der Waals surface area contributed by atoms with Gasteiger partial charge in [0.05, 0.1) is 19.2 Å². The number of likely N-dealkylation sites (N-methyl/N-ethyl adjacent to an activating group) is 1. The number of benzene rings is 1. The van der Waals surface area contributed by atoms with Crippen LogP contribution in [0.1, 0.15) is 51.6 Å². The van der Waals surface area contributed by atoms with Crippen molar-refractivity contribution in [3.8, 4) is 0 Å². The first-order valence-corrected chi connectivity index (χ1v) is 13.0. The standard InChI is InChI=1S/C26H35FN2O4S.2ClH/c1-4-28(17-24(31)33-5-2)14-12-20-16-29(15-13-23(20)34-18(3)30)25(26(32)19-10-11-19)21-8-6-7-9-22(21)27;;/h6-9,12,19,23,25H,4-5,10-11,13-17H2,1-3H3;2*1H/b20-12-;;. The van der Waals surface area contributed by atoms with E-state index >= 15 is 0 Å². The number of ketones is 1. The molecule has 1 aliphatic heterocycles. The summed E-state index contributed by atoms with van der Waals surface area (Å²) in [6.07, 6.45) is 4.49. The Morgan fingerprint density at radius 3 is 2.47 bits per heavy atom. The monoisotopic (exact) mass is 562 g/mol. The maximum absolute atomic E-state index is 14.8. The molecule has 0 radical (unpaired) electrons. The number of piperidine rings is 1. The Kier molecular flexibility index (Phi) is 14.2. The SMILES string of the molecule is CCOC(=O)CN(CC)C/C=C1/CN(C(C(=O)C2CC2)c2ccccc2F)CCC1SC(C)=O.Cl.Cl. The molecule has 1 heterocycles. The van der Waals surface area contributed by atoms with E-state index in [0.29, 0.717) is 44.8 Å². The van der Waals surface area contributed by atoms with Gasteiger partial charge >= 0.3 is 5.97 Å². The summed E-state index contributed by atoms with van der Waals surface area (Å²) in [6, 6.07) is 5.91. The number of Topliss-reactive ketones (excluding diaryl/α,β-unsaturated/α-hetero) is 1. The molecule has 2 atom stereocenters. The molecule has 2 fully saturated rings. The number of thioether (sulfide) groups is 1. The molecule has 10 heteroatoms. The Balaban J connectivity index is 0.00000324. The first-order valence-electron chi connectivity index (χ1n) is 12.1. The molecule has 1 aromatic rings. The van der Waals surface area contributed by atoms with Gasteiger partial charge in [-0.05, 0) is 44.4 Å². The van der Waals surface area contributed by atoms with Gasteiger partial charge in [-0.1, -0.05) is 43.0 Å². The fourth-order valence-corrected chi connectivity index (χ4v) is 5.34. The van der Waals surface area contributed by atoms with Gasteiger partial charge in [0.2, 0.25) is 0 Å². The summed E-state index contributed by atoms with van der Waals surface area (Å²) in [5.74, 6) is -0.544.